The lowest BCUT2D eigenvalue weighted by atomic mass is 9.97. The second-order valence-corrected chi connectivity index (χ2v) is 7.93. The number of fused-ring (bicyclic) bond motifs is 1. The highest BCUT2D eigenvalue weighted by molar-refractivity contribution is 6.06. The van der Waals surface area contributed by atoms with Gasteiger partial charge in [0.1, 0.15) is 5.75 Å². The second-order valence-electron chi connectivity index (χ2n) is 7.93. The molecule has 33 heavy (non-hydrogen) atoms. The van der Waals surface area contributed by atoms with Crippen LogP contribution in [0.15, 0.2) is 36.4 Å². The van der Waals surface area contributed by atoms with Gasteiger partial charge in [0.05, 0.1) is 24.8 Å². The highest BCUT2D eigenvalue weighted by Gasteiger charge is 2.28. The number of hydrogen-bond donors (Lipinski definition) is 3. The molecule has 4 rings (SSSR count). The van der Waals surface area contributed by atoms with E-state index in [2.05, 4.69) is 16.0 Å². The zero-order valence-corrected chi connectivity index (χ0v) is 18.7. The number of rotatable bonds is 5. The zero-order chi connectivity index (χ0) is 22.5. The minimum Gasteiger partial charge on any atom is -0.492 e. The van der Waals surface area contributed by atoms with Crippen LogP contribution in [0.2, 0.25) is 0 Å². The SMILES string of the molecule is Cl.O=C(N[C@H]1CCOc2c(C(=O)Nc3ccc(F)c(F)c3)cccc21)OCC1CCNCC1. The first-order chi connectivity index (χ1) is 15.5. The predicted octanol–water partition coefficient (Wildman–Crippen LogP) is 4.19. The Morgan fingerprint density at radius 2 is 1.88 bits per heavy atom. The Kier molecular flexibility index (Phi) is 8.46. The first-order valence-corrected chi connectivity index (χ1v) is 10.7. The van der Waals surface area contributed by atoms with Gasteiger partial charge in [0, 0.05) is 23.7 Å². The highest BCUT2D eigenvalue weighted by Crippen LogP contribution is 2.35. The number of carbonyl (C=O) groups is 2. The minimum atomic E-state index is -1.05. The molecule has 0 unspecified atom stereocenters. The van der Waals surface area contributed by atoms with Crippen molar-refractivity contribution in [2.24, 2.45) is 5.92 Å². The molecule has 2 aliphatic heterocycles. The van der Waals surface area contributed by atoms with Crippen molar-refractivity contribution in [2.75, 3.05) is 31.6 Å². The number of ether oxygens (including phenoxy) is 2. The first kappa shape index (κ1) is 24.7. The molecule has 7 nitrogen and oxygen atoms in total. The van der Waals surface area contributed by atoms with Gasteiger partial charge in [0.2, 0.25) is 0 Å². The van der Waals surface area contributed by atoms with Crippen LogP contribution < -0.4 is 20.7 Å². The summed E-state index contributed by atoms with van der Waals surface area (Å²) in [6.07, 6.45) is 1.98. The van der Waals surface area contributed by atoms with E-state index in [1.54, 1.807) is 18.2 Å². The van der Waals surface area contributed by atoms with Crippen LogP contribution >= 0.6 is 12.4 Å². The molecule has 0 aromatic heterocycles. The van der Waals surface area contributed by atoms with Crippen LogP contribution in [0.5, 0.6) is 5.75 Å². The molecule has 0 bridgehead atoms. The van der Waals surface area contributed by atoms with E-state index in [4.69, 9.17) is 9.47 Å². The number of para-hydroxylation sites is 1. The summed E-state index contributed by atoms with van der Waals surface area (Å²) in [5.41, 5.74) is 1.02. The molecule has 178 valence electrons. The lowest BCUT2D eigenvalue weighted by molar-refractivity contribution is 0.102. The highest BCUT2D eigenvalue weighted by atomic mass is 35.5. The predicted molar refractivity (Wildman–Crippen MR) is 121 cm³/mol. The summed E-state index contributed by atoms with van der Waals surface area (Å²) in [5, 5.41) is 8.69. The molecule has 0 saturated carbocycles. The zero-order valence-electron chi connectivity index (χ0n) is 17.9. The number of piperidine rings is 1. The lowest BCUT2D eigenvalue weighted by Gasteiger charge is -2.28. The van der Waals surface area contributed by atoms with Crippen molar-refractivity contribution in [1.82, 2.24) is 10.6 Å². The van der Waals surface area contributed by atoms with Gasteiger partial charge in [-0.3, -0.25) is 4.79 Å². The molecule has 1 atom stereocenters. The summed E-state index contributed by atoms with van der Waals surface area (Å²) in [5.74, 6) is -1.87. The quantitative estimate of drug-likeness (QED) is 0.596. The van der Waals surface area contributed by atoms with E-state index < -0.39 is 23.6 Å². The molecular weight excluding hydrogens is 456 g/mol. The smallest absolute Gasteiger partial charge is 0.407 e. The maximum absolute atomic E-state index is 13.5. The topological polar surface area (TPSA) is 88.7 Å². The number of anilines is 1. The fourth-order valence-electron chi connectivity index (χ4n) is 3.95. The van der Waals surface area contributed by atoms with Crippen LogP contribution in [0.3, 0.4) is 0 Å². The maximum atomic E-state index is 13.5. The largest absolute Gasteiger partial charge is 0.492 e. The van der Waals surface area contributed by atoms with Crippen molar-refractivity contribution in [1.29, 1.82) is 0 Å². The molecule has 2 heterocycles. The fourth-order valence-corrected chi connectivity index (χ4v) is 3.95. The minimum absolute atomic E-state index is 0. The van der Waals surface area contributed by atoms with E-state index in [0.717, 1.165) is 38.1 Å². The lowest BCUT2D eigenvalue weighted by Crippen LogP contribution is -2.35. The molecule has 2 aromatic rings. The van der Waals surface area contributed by atoms with Crippen LogP contribution in [0.25, 0.3) is 0 Å². The van der Waals surface area contributed by atoms with E-state index >= 15 is 0 Å². The Bertz CT molecular complexity index is 1000. The number of carbonyl (C=O) groups excluding carboxylic acids is 2. The molecule has 0 aliphatic carbocycles. The second kappa shape index (κ2) is 11.3. The van der Waals surface area contributed by atoms with Gasteiger partial charge < -0.3 is 25.4 Å². The Morgan fingerprint density at radius 3 is 2.64 bits per heavy atom. The Labute approximate surface area is 196 Å². The summed E-state index contributed by atoms with van der Waals surface area (Å²) in [6, 6.07) is 7.80. The van der Waals surface area contributed by atoms with Crippen molar-refractivity contribution < 1.29 is 27.8 Å². The van der Waals surface area contributed by atoms with Crippen molar-refractivity contribution in [3.05, 3.63) is 59.2 Å². The van der Waals surface area contributed by atoms with Gasteiger partial charge in [-0.05, 0) is 50.0 Å². The monoisotopic (exact) mass is 481 g/mol. The molecule has 2 aromatic carbocycles. The maximum Gasteiger partial charge on any atom is 0.407 e. The van der Waals surface area contributed by atoms with E-state index in [1.807, 2.05) is 0 Å². The van der Waals surface area contributed by atoms with Crippen LogP contribution in [0, 0.1) is 17.6 Å². The molecule has 2 aliphatic rings. The number of alkyl carbamates (subject to hydrolysis) is 1. The molecule has 3 N–H and O–H groups in total. The van der Waals surface area contributed by atoms with Crippen LogP contribution in [0.1, 0.15) is 41.2 Å². The van der Waals surface area contributed by atoms with E-state index in [-0.39, 0.29) is 29.7 Å². The number of amides is 2. The van der Waals surface area contributed by atoms with Crippen molar-refractivity contribution >= 4 is 30.1 Å². The molecule has 0 radical (unpaired) electrons. The first-order valence-electron chi connectivity index (χ1n) is 10.7. The van der Waals surface area contributed by atoms with E-state index in [1.165, 1.54) is 6.07 Å². The molecule has 10 heteroatoms. The molecule has 2 amide bonds. The number of halogens is 3. The fraction of sp³-hybridized carbons (Fsp3) is 0.391. The van der Waals surface area contributed by atoms with Crippen molar-refractivity contribution in [3.8, 4) is 5.75 Å². The Balaban J connectivity index is 0.00000306. The van der Waals surface area contributed by atoms with Gasteiger partial charge in [-0.25, -0.2) is 13.6 Å². The van der Waals surface area contributed by atoms with E-state index in [0.29, 0.717) is 36.9 Å². The van der Waals surface area contributed by atoms with Crippen LogP contribution in [0.4, 0.5) is 19.3 Å². The summed E-state index contributed by atoms with van der Waals surface area (Å²) in [7, 11) is 0. The van der Waals surface area contributed by atoms with Gasteiger partial charge in [-0.1, -0.05) is 12.1 Å². The Hall–Kier alpha value is -2.91. The van der Waals surface area contributed by atoms with Crippen LogP contribution in [-0.4, -0.2) is 38.3 Å². The Morgan fingerprint density at radius 1 is 1.09 bits per heavy atom. The number of benzene rings is 2. The van der Waals surface area contributed by atoms with Gasteiger partial charge in [-0.15, -0.1) is 12.4 Å². The normalized spacial score (nSPS) is 17.7. The molecular formula is C23H26ClF2N3O4. The van der Waals surface area contributed by atoms with Gasteiger partial charge >= 0.3 is 6.09 Å². The van der Waals surface area contributed by atoms with E-state index in [9.17, 15) is 18.4 Å². The number of nitrogens with one attached hydrogen (secondary N) is 3. The third kappa shape index (κ3) is 6.11. The molecule has 1 saturated heterocycles. The van der Waals surface area contributed by atoms with Crippen molar-refractivity contribution in [3.63, 3.8) is 0 Å². The molecule has 0 spiro atoms. The van der Waals surface area contributed by atoms with Gasteiger partial charge in [-0.2, -0.15) is 0 Å². The summed E-state index contributed by atoms with van der Waals surface area (Å²) >= 11 is 0. The number of hydrogen-bond acceptors (Lipinski definition) is 5. The average molecular weight is 482 g/mol. The third-order valence-electron chi connectivity index (χ3n) is 5.70. The third-order valence-corrected chi connectivity index (χ3v) is 5.70. The van der Waals surface area contributed by atoms with Gasteiger partial charge in [0.25, 0.3) is 5.91 Å². The standard InChI is InChI=1S/C23H25F2N3O4.ClH/c24-18-5-4-15(12-19(18)25)27-22(29)17-3-1-2-16-20(8-11-31-21(16)17)28-23(30)32-13-14-6-9-26-10-7-14;/h1-5,12,14,20,26H,6-11,13H2,(H,27,29)(H,28,30);1H/t20-;/m0./s1. The summed E-state index contributed by atoms with van der Waals surface area (Å²) < 4.78 is 37.7. The molecule has 1 fully saturated rings. The summed E-state index contributed by atoms with van der Waals surface area (Å²) in [4.78, 5) is 25.1. The summed E-state index contributed by atoms with van der Waals surface area (Å²) in [6.45, 7) is 2.54. The van der Waals surface area contributed by atoms with Gasteiger partial charge in [0.15, 0.2) is 11.6 Å². The van der Waals surface area contributed by atoms with Crippen molar-refractivity contribution in [2.45, 2.75) is 25.3 Å². The van der Waals surface area contributed by atoms with Crippen LogP contribution in [-0.2, 0) is 4.74 Å². The average Bonchev–Trinajstić information content (AvgIpc) is 2.80.